The van der Waals surface area contributed by atoms with Gasteiger partial charge in [0.15, 0.2) is 5.96 Å². The predicted molar refractivity (Wildman–Crippen MR) is 111 cm³/mol. The minimum Gasteiger partial charge on any atom is -0.396 e. The van der Waals surface area contributed by atoms with Crippen molar-refractivity contribution < 1.29 is 9.84 Å². The number of hydrogen-bond donors (Lipinski definition) is 3. The first-order valence-corrected chi connectivity index (χ1v) is 10.1. The van der Waals surface area contributed by atoms with Crippen molar-refractivity contribution in [1.29, 1.82) is 0 Å². The molecular weight excluding hydrogens is 340 g/mol. The normalized spacial score (nSPS) is 20.2. The zero-order valence-corrected chi connectivity index (χ0v) is 16.9. The van der Waals surface area contributed by atoms with Crippen LogP contribution in [0.4, 0.5) is 0 Å². The molecule has 1 unspecified atom stereocenters. The Bertz CT molecular complexity index is 544. The summed E-state index contributed by atoms with van der Waals surface area (Å²) in [7, 11) is 2.16. The van der Waals surface area contributed by atoms with E-state index in [9.17, 15) is 5.11 Å². The maximum absolute atomic E-state index is 9.35. The first-order valence-electron chi connectivity index (χ1n) is 10.1. The highest BCUT2D eigenvalue weighted by Gasteiger charge is 2.34. The molecule has 2 rings (SSSR count). The number of aliphatic hydroxyl groups excluding tert-OH is 1. The van der Waals surface area contributed by atoms with Gasteiger partial charge in [0, 0.05) is 38.3 Å². The molecule has 1 heterocycles. The predicted octanol–water partition coefficient (Wildman–Crippen LogP) is 1.85. The molecule has 152 valence electrons. The van der Waals surface area contributed by atoms with Gasteiger partial charge in [-0.05, 0) is 45.3 Å². The average molecular weight is 377 g/mol. The van der Waals surface area contributed by atoms with E-state index in [-0.39, 0.29) is 12.0 Å². The summed E-state index contributed by atoms with van der Waals surface area (Å²) in [5.41, 5.74) is 1.34. The molecule has 0 aliphatic carbocycles. The number of aliphatic hydroxyl groups is 1. The van der Waals surface area contributed by atoms with Crippen molar-refractivity contribution >= 4 is 5.96 Å². The van der Waals surface area contributed by atoms with Crippen molar-refractivity contribution in [1.82, 2.24) is 15.5 Å². The fraction of sp³-hybridized carbons (Fsp3) is 0.667. The highest BCUT2D eigenvalue weighted by Crippen LogP contribution is 2.32. The molecule has 0 spiro atoms. The Labute approximate surface area is 164 Å². The number of nitrogens with one attached hydrogen (secondary N) is 2. The third-order valence-electron chi connectivity index (χ3n) is 5.05. The van der Waals surface area contributed by atoms with Crippen molar-refractivity contribution in [2.24, 2.45) is 10.4 Å². The Morgan fingerprint density at radius 2 is 2.11 bits per heavy atom. The third kappa shape index (κ3) is 7.87. The van der Waals surface area contributed by atoms with Crippen LogP contribution in [0.2, 0.25) is 0 Å². The smallest absolute Gasteiger partial charge is 0.191 e. The molecule has 1 aliphatic rings. The molecule has 1 aromatic carbocycles. The summed E-state index contributed by atoms with van der Waals surface area (Å²) in [4.78, 5) is 7.10. The molecular formula is C21H36N4O2. The van der Waals surface area contributed by atoms with E-state index in [2.05, 4.69) is 59.8 Å². The standard InChI is InChI=1S/C21H36N4O2/c1-3-22-20(24-17-21(10-14-26)11-15-27-18-21)23-12-7-13-25(2)16-19-8-5-4-6-9-19/h4-6,8-9,26H,3,7,10-18H2,1-2H3,(H2,22,23,24). The van der Waals surface area contributed by atoms with Crippen LogP contribution in [0.15, 0.2) is 35.3 Å². The van der Waals surface area contributed by atoms with E-state index in [4.69, 9.17) is 9.73 Å². The van der Waals surface area contributed by atoms with Crippen LogP contribution in [-0.2, 0) is 11.3 Å². The second-order valence-electron chi connectivity index (χ2n) is 7.48. The summed E-state index contributed by atoms with van der Waals surface area (Å²) in [6.07, 6.45) is 2.78. The number of rotatable bonds is 11. The summed E-state index contributed by atoms with van der Waals surface area (Å²) in [5.74, 6) is 0.854. The van der Waals surface area contributed by atoms with Gasteiger partial charge < -0.3 is 25.4 Å². The fourth-order valence-corrected chi connectivity index (χ4v) is 3.41. The largest absolute Gasteiger partial charge is 0.396 e. The fourth-order valence-electron chi connectivity index (χ4n) is 3.41. The Hall–Kier alpha value is -1.63. The van der Waals surface area contributed by atoms with Gasteiger partial charge in [0.2, 0.25) is 0 Å². The number of ether oxygens (including phenoxy) is 1. The molecule has 27 heavy (non-hydrogen) atoms. The first kappa shape index (κ1) is 21.7. The minimum atomic E-state index is -0.00694. The molecule has 0 bridgehead atoms. The first-order chi connectivity index (χ1) is 13.2. The quantitative estimate of drug-likeness (QED) is 0.312. The molecule has 1 saturated heterocycles. The van der Waals surface area contributed by atoms with Crippen molar-refractivity contribution in [3.05, 3.63) is 35.9 Å². The SMILES string of the molecule is CCNC(=NCC1(CCO)CCOC1)NCCCN(C)Cc1ccccc1. The van der Waals surface area contributed by atoms with Gasteiger partial charge in [-0.15, -0.1) is 0 Å². The van der Waals surface area contributed by atoms with E-state index >= 15 is 0 Å². The lowest BCUT2D eigenvalue weighted by molar-refractivity contribution is 0.131. The van der Waals surface area contributed by atoms with Gasteiger partial charge in [-0.25, -0.2) is 0 Å². The molecule has 0 amide bonds. The van der Waals surface area contributed by atoms with Gasteiger partial charge in [0.05, 0.1) is 13.2 Å². The van der Waals surface area contributed by atoms with Crippen molar-refractivity contribution in [3.63, 3.8) is 0 Å². The van der Waals surface area contributed by atoms with Crippen LogP contribution in [0.1, 0.15) is 31.7 Å². The molecule has 6 heteroatoms. The van der Waals surface area contributed by atoms with Crippen LogP contribution >= 0.6 is 0 Å². The van der Waals surface area contributed by atoms with Crippen molar-refractivity contribution in [2.45, 2.75) is 32.7 Å². The minimum absolute atomic E-state index is 0.00694. The van der Waals surface area contributed by atoms with Crippen LogP contribution in [0.25, 0.3) is 0 Å². The molecule has 1 atom stereocenters. The summed E-state index contributed by atoms with van der Waals surface area (Å²) < 4.78 is 5.55. The maximum atomic E-state index is 9.35. The van der Waals surface area contributed by atoms with Gasteiger partial charge in [0.25, 0.3) is 0 Å². The number of benzene rings is 1. The third-order valence-corrected chi connectivity index (χ3v) is 5.05. The van der Waals surface area contributed by atoms with Gasteiger partial charge in [-0.1, -0.05) is 30.3 Å². The maximum Gasteiger partial charge on any atom is 0.191 e. The summed E-state index contributed by atoms with van der Waals surface area (Å²) >= 11 is 0. The highest BCUT2D eigenvalue weighted by molar-refractivity contribution is 5.79. The molecule has 1 aliphatic heterocycles. The van der Waals surface area contributed by atoms with Gasteiger partial charge in [-0.2, -0.15) is 0 Å². The number of guanidine groups is 1. The highest BCUT2D eigenvalue weighted by atomic mass is 16.5. The Balaban J connectivity index is 1.73. The molecule has 0 radical (unpaired) electrons. The monoisotopic (exact) mass is 376 g/mol. The number of aliphatic imine (C=N–C) groups is 1. The average Bonchev–Trinajstić information content (AvgIpc) is 3.13. The Morgan fingerprint density at radius 1 is 1.30 bits per heavy atom. The van der Waals surface area contributed by atoms with Crippen molar-refractivity contribution in [3.8, 4) is 0 Å². The zero-order valence-electron chi connectivity index (χ0n) is 16.9. The molecule has 1 fully saturated rings. The van der Waals surface area contributed by atoms with E-state index in [1.54, 1.807) is 0 Å². The van der Waals surface area contributed by atoms with Crippen LogP contribution in [0, 0.1) is 5.41 Å². The number of hydrogen-bond acceptors (Lipinski definition) is 4. The van der Waals surface area contributed by atoms with Gasteiger partial charge in [-0.3, -0.25) is 4.99 Å². The van der Waals surface area contributed by atoms with Gasteiger partial charge in [0.1, 0.15) is 0 Å². The molecule has 3 N–H and O–H groups in total. The molecule has 0 saturated carbocycles. The van der Waals surface area contributed by atoms with Crippen LogP contribution in [0.3, 0.4) is 0 Å². The Morgan fingerprint density at radius 3 is 2.78 bits per heavy atom. The van der Waals surface area contributed by atoms with Crippen molar-refractivity contribution in [2.75, 3.05) is 53.0 Å². The molecule has 1 aromatic rings. The molecule has 6 nitrogen and oxygen atoms in total. The van der Waals surface area contributed by atoms with E-state index in [0.717, 1.165) is 58.0 Å². The Kier molecular flexibility index (Phi) is 9.59. The van der Waals surface area contributed by atoms with E-state index in [1.165, 1.54) is 5.56 Å². The topological polar surface area (TPSA) is 69.1 Å². The van der Waals surface area contributed by atoms with Crippen LogP contribution < -0.4 is 10.6 Å². The zero-order chi connectivity index (χ0) is 19.4. The van der Waals surface area contributed by atoms with E-state index in [0.29, 0.717) is 13.2 Å². The lowest BCUT2D eigenvalue weighted by Gasteiger charge is -2.25. The van der Waals surface area contributed by atoms with E-state index < -0.39 is 0 Å². The summed E-state index contributed by atoms with van der Waals surface area (Å²) in [6, 6.07) is 10.6. The summed E-state index contributed by atoms with van der Waals surface area (Å²) in [6.45, 7) is 8.15. The van der Waals surface area contributed by atoms with Crippen LogP contribution in [-0.4, -0.2) is 69.0 Å². The second kappa shape index (κ2) is 12.0. The lowest BCUT2D eigenvalue weighted by Crippen LogP contribution is -2.40. The lowest BCUT2D eigenvalue weighted by atomic mass is 9.84. The van der Waals surface area contributed by atoms with Gasteiger partial charge >= 0.3 is 0 Å². The second-order valence-corrected chi connectivity index (χ2v) is 7.48. The summed E-state index contributed by atoms with van der Waals surface area (Å²) in [5, 5.41) is 16.1. The van der Waals surface area contributed by atoms with Crippen LogP contribution in [0.5, 0.6) is 0 Å². The number of nitrogens with zero attached hydrogens (tertiary/aromatic N) is 2. The molecule has 0 aromatic heterocycles. The van der Waals surface area contributed by atoms with E-state index in [1.807, 2.05) is 0 Å².